The van der Waals surface area contributed by atoms with Crippen LogP contribution < -0.4 is 5.73 Å². The fraction of sp³-hybridized carbons (Fsp3) is 0.533. The van der Waals surface area contributed by atoms with Gasteiger partial charge in [-0.1, -0.05) is 31.5 Å². The Morgan fingerprint density at radius 2 is 2.00 bits per heavy atom. The number of phenolic OH excluding ortho intramolecular Hbond substituents is 1. The van der Waals surface area contributed by atoms with E-state index < -0.39 is 0 Å². The van der Waals surface area contributed by atoms with Crippen molar-refractivity contribution in [3.8, 4) is 5.75 Å². The molecule has 0 aliphatic rings. The van der Waals surface area contributed by atoms with Gasteiger partial charge >= 0.3 is 0 Å². The number of aryl methyl sites for hydroxylation is 1. The average molecular weight is 264 g/mol. The van der Waals surface area contributed by atoms with Gasteiger partial charge in [-0.3, -0.25) is 9.69 Å². The Balaban J connectivity index is 3.00. The SMILES string of the molecule is Cc1ccc(O)c(C(C)N(CC(N)=O)CC(C)C)c1. The van der Waals surface area contributed by atoms with E-state index in [1.807, 2.05) is 30.9 Å². The molecule has 0 heterocycles. The van der Waals surface area contributed by atoms with E-state index >= 15 is 0 Å². The van der Waals surface area contributed by atoms with Crippen molar-refractivity contribution < 1.29 is 9.90 Å². The molecule has 0 saturated carbocycles. The Bertz CT molecular complexity index is 444. The van der Waals surface area contributed by atoms with Gasteiger partial charge in [0.05, 0.1) is 6.54 Å². The van der Waals surface area contributed by atoms with Crippen LogP contribution in [-0.4, -0.2) is 29.0 Å². The van der Waals surface area contributed by atoms with E-state index in [0.717, 1.165) is 17.7 Å². The van der Waals surface area contributed by atoms with Gasteiger partial charge in [0.2, 0.25) is 5.91 Å². The maximum absolute atomic E-state index is 11.2. The van der Waals surface area contributed by atoms with Crippen LogP contribution in [0.25, 0.3) is 0 Å². The van der Waals surface area contributed by atoms with Crippen molar-refractivity contribution in [1.82, 2.24) is 4.90 Å². The number of benzene rings is 1. The second kappa shape index (κ2) is 6.57. The first kappa shape index (κ1) is 15.5. The second-order valence-electron chi connectivity index (χ2n) is 5.53. The molecule has 1 unspecified atom stereocenters. The Hall–Kier alpha value is -1.55. The van der Waals surface area contributed by atoms with Gasteiger partial charge in [0.1, 0.15) is 5.75 Å². The monoisotopic (exact) mass is 264 g/mol. The van der Waals surface area contributed by atoms with Crippen molar-refractivity contribution in [2.24, 2.45) is 11.7 Å². The van der Waals surface area contributed by atoms with Gasteiger partial charge < -0.3 is 10.8 Å². The van der Waals surface area contributed by atoms with Crippen molar-refractivity contribution in [2.45, 2.75) is 33.7 Å². The molecule has 1 atom stereocenters. The Morgan fingerprint density at radius 3 is 2.53 bits per heavy atom. The molecule has 0 saturated heterocycles. The smallest absolute Gasteiger partial charge is 0.231 e. The van der Waals surface area contributed by atoms with E-state index in [1.54, 1.807) is 6.07 Å². The van der Waals surface area contributed by atoms with Crippen molar-refractivity contribution in [3.05, 3.63) is 29.3 Å². The van der Waals surface area contributed by atoms with Gasteiger partial charge in [0, 0.05) is 18.2 Å². The van der Waals surface area contributed by atoms with Crippen LogP contribution in [0.15, 0.2) is 18.2 Å². The number of phenols is 1. The van der Waals surface area contributed by atoms with E-state index in [9.17, 15) is 9.90 Å². The lowest BCUT2D eigenvalue weighted by Crippen LogP contribution is -2.38. The summed E-state index contributed by atoms with van der Waals surface area (Å²) in [5.41, 5.74) is 7.23. The van der Waals surface area contributed by atoms with Crippen molar-refractivity contribution in [1.29, 1.82) is 0 Å². The maximum atomic E-state index is 11.2. The lowest BCUT2D eigenvalue weighted by atomic mass is 10.0. The molecule has 0 aliphatic carbocycles. The first-order valence-corrected chi connectivity index (χ1v) is 6.63. The lowest BCUT2D eigenvalue weighted by Gasteiger charge is -2.30. The molecule has 0 spiro atoms. The van der Waals surface area contributed by atoms with Gasteiger partial charge in [-0.05, 0) is 25.8 Å². The largest absolute Gasteiger partial charge is 0.508 e. The van der Waals surface area contributed by atoms with Gasteiger partial charge in [-0.15, -0.1) is 0 Å². The number of aromatic hydroxyl groups is 1. The summed E-state index contributed by atoms with van der Waals surface area (Å²) in [5.74, 6) is 0.338. The third-order valence-corrected chi connectivity index (χ3v) is 3.14. The maximum Gasteiger partial charge on any atom is 0.231 e. The van der Waals surface area contributed by atoms with E-state index in [4.69, 9.17) is 5.73 Å². The number of carbonyl (C=O) groups excluding carboxylic acids is 1. The predicted octanol–water partition coefficient (Wildman–Crippen LogP) is 2.20. The second-order valence-corrected chi connectivity index (χ2v) is 5.53. The molecule has 0 fully saturated rings. The molecule has 4 nitrogen and oxygen atoms in total. The molecule has 4 heteroatoms. The number of carbonyl (C=O) groups is 1. The molecule has 3 N–H and O–H groups in total. The highest BCUT2D eigenvalue weighted by molar-refractivity contribution is 5.76. The summed E-state index contributed by atoms with van der Waals surface area (Å²) < 4.78 is 0. The molecule has 1 rings (SSSR count). The molecule has 1 aromatic rings. The first-order valence-electron chi connectivity index (χ1n) is 6.63. The zero-order valence-electron chi connectivity index (χ0n) is 12.2. The fourth-order valence-corrected chi connectivity index (χ4v) is 2.23. The van der Waals surface area contributed by atoms with Gasteiger partial charge in [-0.2, -0.15) is 0 Å². The molecule has 1 aromatic carbocycles. The molecule has 0 bridgehead atoms. The topological polar surface area (TPSA) is 66.6 Å². The minimum atomic E-state index is -0.348. The van der Waals surface area contributed by atoms with Crippen LogP contribution >= 0.6 is 0 Å². The summed E-state index contributed by atoms with van der Waals surface area (Å²) in [6.45, 7) is 9.12. The van der Waals surface area contributed by atoms with Crippen LogP contribution in [-0.2, 0) is 4.79 Å². The third kappa shape index (κ3) is 4.56. The summed E-state index contributed by atoms with van der Waals surface area (Å²) >= 11 is 0. The van der Waals surface area contributed by atoms with Crippen LogP contribution in [0.4, 0.5) is 0 Å². The quantitative estimate of drug-likeness (QED) is 0.827. The van der Waals surface area contributed by atoms with E-state index in [0.29, 0.717) is 5.92 Å². The van der Waals surface area contributed by atoms with E-state index in [1.165, 1.54) is 0 Å². The minimum absolute atomic E-state index is 0.0465. The summed E-state index contributed by atoms with van der Waals surface area (Å²) in [4.78, 5) is 13.2. The highest BCUT2D eigenvalue weighted by atomic mass is 16.3. The highest BCUT2D eigenvalue weighted by Crippen LogP contribution is 2.29. The zero-order valence-corrected chi connectivity index (χ0v) is 12.2. The van der Waals surface area contributed by atoms with Crippen molar-refractivity contribution >= 4 is 5.91 Å². The van der Waals surface area contributed by atoms with Crippen molar-refractivity contribution in [2.75, 3.05) is 13.1 Å². The normalized spacial score (nSPS) is 12.9. The molecule has 1 amide bonds. The van der Waals surface area contributed by atoms with Crippen molar-refractivity contribution in [3.63, 3.8) is 0 Å². The van der Waals surface area contributed by atoms with Crippen LogP contribution in [0.1, 0.15) is 37.9 Å². The number of nitrogens with zero attached hydrogens (tertiary/aromatic N) is 1. The zero-order chi connectivity index (χ0) is 14.6. The van der Waals surface area contributed by atoms with Crippen LogP contribution in [0.2, 0.25) is 0 Å². The molecular weight excluding hydrogens is 240 g/mol. The number of hydrogen-bond acceptors (Lipinski definition) is 3. The van der Waals surface area contributed by atoms with Gasteiger partial charge in [-0.25, -0.2) is 0 Å². The number of amides is 1. The molecule has 0 radical (unpaired) electrons. The first-order chi connectivity index (χ1) is 8.81. The molecule has 0 aromatic heterocycles. The summed E-state index contributed by atoms with van der Waals surface area (Å²) in [6.07, 6.45) is 0. The fourth-order valence-electron chi connectivity index (χ4n) is 2.23. The van der Waals surface area contributed by atoms with Crippen LogP contribution in [0, 0.1) is 12.8 Å². The van der Waals surface area contributed by atoms with Gasteiger partial charge in [0.25, 0.3) is 0 Å². The molecule has 19 heavy (non-hydrogen) atoms. The number of primary amides is 1. The van der Waals surface area contributed by atoms with Gasteiger partial charge in [0.15, 0.2) is 0 Å². The van der Waals surface area contributed by atoms with E-state index in [2.05, 4.69) is 13.8 Å². The lowest BCUT2D eigenvalue weighted by molar-refractivity contribution is -0.119. The average Bonchev–Trinajstić information content (AvgIpc) is 2.29. The number of nitrogens with two attached hydrogens (primary N) is 1. The highest BCUT2D eigenvalue weighted by Gasteiger charge is 2.21. The summed E-state index contributed by atoms with van der Waals surface area (Å²) in [7, 11) is 0. The van der Waals surface area contributed by atoms with E-state index in [-0.39, 0.29) is 24.2 Å². The summed E-state index contributed by atoms with van der Waals surface area (Å²) in [6, 6.07) is 5.47. The molecule has 106 valence electrons. The molecular formula is C15H24N2O2. The number of rotatable bonds is 6. The minimum Gasteiger partial charge on any atom is -0.508 e. The molecule has 0 aliphatic heterocycles. The predicted molar refractivity (Wildman–Crippen MR) is 76.9 cm³/mol. The Morgan fingerprint density at radius 1 is 1.37 bits per heavy atom. The third-order valence-electron chi connectivity index (χ3n) is 3.14. The van der Waals surface area contributed by atoms with Crippen LogP contribution in [0.3, 0.4) is 0 Å². The Labute approximate surface area is 115 Å². The standard InChI is InChI=1S/C15H24N2O2/c1-10(2)8-17(9-15(16)19)12(4)13-7-11(3)5-6-14(13)18/h5-7,10,12,18H,8-9H2,1-4H3,(H2,16,19). The Kier molecular flexibility index (Phi) is 5.36. The summed E-state index contributed by atoms with van der Waals surface area (Å²) in [5, 5.41) is 9.98. The van der Waals surface area contributed by atoms with Crippen LogP contribution in [0.5, 0.6) is 5.75 Å². The number of hydrogen-bond donors (Lipinski definition) is 2.